The van der Waals surface area contributed by atoms with Crippen molar-refractivity contribution in [3.63, 3.8) is 0 Å². The van der Waals surface area contributed by atoms with E-state index in [1.165, 1.54) is 18.2 Å². The highest BCUT2D eigenvalue weighted by Crippen LogP contribution is 2.35. The number of carbonyl (C=O) groups excluding carboxylic acids is 1. The number of benzene rings is 6. The van der Waals surface area contributed by atoms with E-state index in [2.05, 4.69) is 24.6 Å². The van der Waals surface area contributed by atoms with E-state index >= 15 is 0 Å². The molecule has 0 aliphatic heterocycles. The van der Waals surface area contributed by atoms with Gasteiger partial charge < -0.3 is 30.1 Å². The van der Waals surface area contributed by atoms with Gasteiger partial charge in [-0.3, -0.25) is 25.2 Å². The van der Waals surface area contributed by atoms with Crippen molar-refractivity contribution in [2.75, 3.05) is 10.8 Å². The van der Waals surface area contributed by atoms with Gasteiger partial charge in [0.25, 0.3) is 11.6 Å². The molecular formula is C43H35N3O11. The minimum absolute atomic E-state index is 0.0371. The van der Waals surface area contributed by atoms with Gasteiger partial charge in [0.2, 0.25) is 0 Å². The van der Waals surface area contributed by atoms with Crippen LogP contribution in [0.15, 0.2) is 133 Å². The van der Waals surface area contributed by atoms with Crippen molar-refractivity contribution in [1.29, 1.82) is 0 Å². The largest absolute Gasteiger partial charge is 0.508 e. The quantitative estimate of drug-likeness (QED) is 0.0489. The molecule has 0 fully saturated rings. The first-order valence-corrected chi connectivity index (χ1v) is 17.3. The SMILES string of the molecule is CC(C)(c1ccc(Oc2ccc(NOCc3cc(O)ccc3C(=O)O)cc2)cc1)c1ccc(Oc2ccc(NC(=O)c3cc([N+](=O)[O-])ccc3C(=O)O)cc2)cc1. The highest BCUT2D eigenvalue weighted by atomic mass is 16.6. The molecule has 6 aromatic rings. The van der Waals surface area contributed by atoms with Gasteiger partial charge in [0, 0.05) is 23.2 Å². The van der Waals surface area contributed by atoms with Crippen LogP contribution in [0, 0.1) is 10.1 Å². The van der Waals surface area contributed by atoms with Gasteiger partial charge in [0.05, 0.1) is 27.3 Å². The molecule has 0 radical (unpaired) electrons. The number of phenolic OH excluding ortho intramolecular Hbond substituents is 1. The van der Waals surface area contributed by atoms with Crippen molar-refractivity contribution in [2.45, 2.75) is 25.9 Å². The molecule has 1 amide bonds. The topological polar surface area (TPSA) is 207 Å². The van der Waals surface area contributed by atoms with Crippen molar-refractivity contribution in [1.82, 2.24) is 0 Å². The second kappa shape index (κ2) is 16.8. The van der Waals surface area contributed by atoms with Crippen LogP contribution in [-0.2, 0) is 16.9 Å². The number of nitro groups is 1. The molecule has 0 heterocycles. The summed E-state index contributed by atoms with van der Waals surface area (Å²) in [6.45, 7) is 4.13. The number of nitro benzene ring substituents is 1. The Bertz CT molecular complexity index is 2430. The maximum absolute atomic E-state index is 12.8. The molecule has 14 heteroatoms. The minimum atomic E-state index is -1.39. The highest BCUT2D eigenvalue weighted by molar-refractivity contribution is 6.11. The number of hydrogen-bond acceptors (Lipinski definition) is 10. The van der Waals surface area contributed by atoms with Gasteiger partial charge in [-0.15, -0.1) is 0 Å². The average Bonchev–Trinajstić information content (AvgIpc) is 3.19. The van der Waals surface area contributed by atoms with Crippen molar-refractivity contribution in [3.05, 3.63) is 177 Å². The molecule has 0 aliphatic rings. The number of carbonyl (C=O) groups is 3. The maximum Gasteiger partial charge on any atom is 0.336 e. The van der Waals surface area contributed by atoms with Crippen molar-refractivity contribution < 1.29 is 48.9 Å². The number of aromatic carboxylic acids is 2. The van der Waals surface area contributed by atoms with Gasteiger partial charge >= 0.3 is 11.9 Å². The van der Waals surface area contributed by atoms with Crippen molar-refractivity contribution in [3.8, 4) is 28.7 Å². The number of carboxylic acid groups (broad SMARTS) is 2. The van der Waals surface area contributed by atoms with Gasteiger partial charge in [-0.25, -0.2) is 9.59 Å². The molecule has 0 atom stereocenters. The molecule has 0 unspecified atom stereocenters. The monoisotopic (exact) mass is 769 g/mol. The average molecular weight is 770 g/mol. The van der Waals surface area contributed by atoms with E-state index in [9.17, 15) is 39.8 Å². The van der Waals surface area contributed by atoms with Gasteiger partial charge in [-0.05, 0) is 114 Å². The van der Waals surface area contributed by atoms with Crippen LogP contribution in [0.3, 0.4) is 0 Å². The molecule has 6 aromatic carbocycles. The summed E-state index contributed by atoms with van der Waals surface area (Å²) in [5.41, 5.74) is 4.71. The van der Waals surface area contributed by atoms with Crippen LogP contribution < -0.4 is 20.3 Å². The van der Waals surface area contributed by atoms with E-state index in [1.54, 1.807) is 48.5 Å². The normalized spacial score (nSPS) is 11.0. The van der Waals surface area contributed by atoms with Crippen molar-refractivity contribution >= 4 is 34.9 Å². The second-order valence-electron chi connectivity index (χ2n) is 13.2. The third kappa shape index (κ3) is 9.51. The summed E-state index contributed by atoms with van der Waals surface area (Å²) in [5.74, 6) is -1.07. The summed E-state index contributed by atoms with van der Waals surface area (Å²) in [7, 11) is 0. The van der Waals surface area contributed by atoms with E-state index in [0.29, 0.717) is 39.9 Å². The predicted molar refractivity (Wildman–Crippen MR) is 210 cm³/mol. The Balaban J connectivity index is 1.01. The molecule has 14 nitrogen and oxygen atoms in total. The van der Waals surface area contributed by atoms with E-state index in [4.69, 9.17) is 14.3 Å². The zero-order valence-electron chi connectivity index (χ0n) is 30.5. The fraction of sp³-hybridized carbons (Fsp3) is 0.0930. The van der Waals surface area contributed by atoms with Crippen LogP contribution in [0.4, 0.5) is 17.1 Å². The zero-order chi connectivity index (χ0) is 40.7. The lowest BCUT2D eigenvalue weighted by Gasteiger charge is -2.26. The fourth-order valence-electron chi connectivity index (χ4n) is 5.84. The highest BCUT2D eigenvalue weighted by Gasteiger charge is 2.24. The van der Waals surface area contributed by atoms with Crippen molar-refractivity contribution in [2.24, 2.45) is 0 Å². The van der Waals surface area contributed by atoms with E-state index in [1.807, 2.05) is 48.5 Å². The number of ether oxygens (including phenoxy) is 2. The molecule has 5 N–H and O–H groups in total. The van der Waals surface area contributed by atoms with E-state index in [0.717, 1.165) is 29.3 Å². The maximum atomic E-state index is 12.8. The first-order valence-electron chi connectivity index (χ1n) is 17.3. The molecule has 0 spiro atoms. The number of non-ortho nitro benzene ring substituents is 1. The molecule has 57 heavy (non-hydrogen) atoms. The van der Waals surface area contributed by atoms with Crippen LogP contribution in [0.25, 0.3) is 0 Å². The lowest BCUT2D eigenvalue weighted by Crippen LogP contribution is -2.18. The summed E-state index contributed by atoms with van der Waals surface area (Å²) in [4.78, 5) is 51.8. The molecule has 0 saturated heterocycles. The number of nitrogens with one attached hydrogen (secondary N) is 2. The summed E-state index contributed by atoms with van der Waals surface area (Å²) < 4.78 is 12.0. The number of amides is 1. The molecule has 0 bridgehead atoms. The zero-order valence-corrected chi connectivity index (χ0v) is 30.5. The lowest BCUT2D eigenvalue weighted by molar-refractivity contribution is -0.384. The third-order valence-corrected chi connectivity index (χ3v) is 9.02. The summed E-state index contributed by atoms with van der Waals surface area (Å²) >= 11 is 0. The number of aromatic hydroxyl groups is 1. The smallest absolute Gasteiger partial charge is 0.336 e. The lowest BCUT2D eigenvalue weighted by atomic mass is 9.78. The standard InChI is InChI=1S/C43H35N3O11/c1-43(2,28-5-15-34(16-6-28)57-36-19-9-30(10-20-36)45-55-25-26-23-32(47)12-22-37(26)41(49)50)27-3-13-33(14-4-27)56-35-17-7-29(8-18-35)44-40(48)39-24-31(46(53)54)11-21-38(39)42(51)52/h3-24,45,47H,25H2,1-2H3,(H,44,48)(H,49,50)(H,51,52). The first-order chi connectivity index (χ1) is 27.3. The molecule has 288 valence electrons. The Morgan fingerprint density at radius 1 is 0.632 bits per heavy atom. The predicted octanol–water partition coefficient (Wildman–Crippen LogP) is 9.40. The molecule has 0 aliphatic carbocycles. The first kappa shape index (κ1) is 39.0. The molecule has 0 saturated carbocycles. The third-order valence-electron chi connectivity index (χ3n) is 9.02. The molecular weight excluding hydrogens is 734 g/mol. The Hall–Kier alpha value is -7.71. The van der Waals surface area contributed by atoms with Gasteiger partial charge in [0.15, 0.2) is 0 Å². The van der Waals surface area contributed by atoms with Crippen LogP contribution in [-0.4, -0.2) is 38.1 Å². The number of rotatable bonds is 15. The molecule has 0 aromatic heterocycles. The summed E-state index contributed by atoms with van der Waals surface area (Å²) in [6.07, 6.45) is 0. The Morgan fingerprint density at radius 2 is 1.11 bits per heavy atom. The van der Waals surface area contributed by atoms with Gasteiger partial charge in [-0.1, -0.05) is 38.1 Å². The Morgan fingerprint density at radius 3 is 1.60 bits per heavy atom. The van der Waals surface area contributed by atoms with Gasteiger partial charge in [0.1, 0.15) is 35.4 Å². The number of nitrogens with zero attached hydrogens (tertiary/aromatic N) is 1. The number of anilines is 2. The van der Waals surface area contributed by atoms with E-state index in [-0.39, 0.29) is 34.5 Å². The van der Waals surface area contributed by atoms with Crippen LogP contribution >= 0.6 is 0 Å². The van der Waals surface area contributed by atoms with Crippen LogP contribution in [0.1, 0.15) is 61.6 Å². The van der Waals surface area contributed by atoms with Crippen LogP contribution in [0.5, 0.6) is 28.7 Å². The summed E-state index contributed by atoms with van der Waals surface area (Å²) in [5, 5.41) is 42.2. The Kier molecular flexibility index (Phi) is 11.5. The fourth-order valence-corrected chi connectivity index (χ4v) is 5.84. The second-order valence-corrected chi connectivity index (χ2v) is 13.2. The molecule has 6 rings (SSSR count). The van der Waals surface area contributed by atoms with E-state index < -0.39 is 28.5 Å². The number of hydrogen-bond donors (Lipinski definition) is 5. The Labute approximate surface area is 325 Å². The minimum Gasteiger partial charge on any atom is -0.508 e. The number of phenols is 1. The van der Waals surface area contributed by atoms with Gasteiger partial charge in [-0.2, -0.15) is 0 Å². The van der Waals surface area contributed by atoms with Crippen LogP contribution in [0.2, 0.25) is 0 Å². The number of carboxylic acids is 2. The summed E-state index contributed by atoms with van der Waals surface area (Å²) in [6, 6.07) is 35.8.